The molecule has 0 aliphatic carbocycles. The predicted molar refractivity (Wildman–Crippen MR) is 77.9 cm³/mol. The van der Waals surface area contributed by atoms with Crippen molar-refractivity contribution in [3.63, 3.8) is 0 Å². The van der Waals surface area contributed by atoms with E-state index >= 15 is 0 Å². The van der Waals surface area contributed by atoms with Gasteiger partial charge in [0.2, 0.25) is 0 Å². The third-order valence-electron chi connectivity index (χ3n) is 2.88. The molecule has 98 valence electrons. The van der Waals surface area contributed by atoms with Crippen LogP contribution in [-0.2, 0) is 0 Å². The summed E-state index contributed by atoms with van der Waals surface area (Å²) in [6, 6.07) is 3.54. The van der Waals surface area contributed by atoms with Crippen molar-refractivity contribution in [3.8, 4) is 0 Å². The lowest BCUT2D eigenvalue weighted by Crippen LogP contribution is -2.17. The molecule has 1 N–H and O–H groups in total. The van der Waals surface area contributed by atoms with Gasteiger partial charge < -0.3 is 4.98 Å². The summed E-state index contributed by atoms with van der Waals surface area (Å²) in [5, 5.41) is 5.57. The van der Waals surface area contributed by atoms with Gasteiger partial charge >= 0.3 is 5.69 Å². The molecule has 0 saturated carbocycles. The molecule has 0 radical (unpaired) electrons. The van der Waals surface area contributed by atoms with Crippen LogP contribution in [0.1, 0.15) is 25.6 Å². The minimum absolute atomic E-state index is 0.157. The van der Waals surface area contributed by atoms with Gasteiger partial charge in [-0.05, 0) is 28.1 Å². The highest BCUT2D eigenvalue weighted by Gasteiger charge is 2.14. The maximum absolute atomic E-state index is 12.0. The Morgan fingerprint density at radius 3 is 2.84 bits per heavy atom. The van der Waals surface area contributed by atoms with E-state index in [-0.39, 0.29) is 11.6 Å². The van der Waals surface area contributed by atoms with Crippen molar-refractivity contribution in [1.82, 2.24) is 19.6 Å². The van der Waals surface area contributed by atoms with Gasteiger partial charge in [0.15, 0.2) is 11.5 Å². The Morgan fingerprint density at radius 1 is 1.42 bits per heavy atom. The van der Waals surface area contributed by atoms with Gasteiger partial charge in [-0.15, -0.1) is 5.10 Å². The number of fused-ring (bicyclic) bond motifs is 3. The van der Waals surface area contributed by atoms with Gasteiger partial charge in [0.05, 0.1) is 10.5 Å². The van der Waals surface area contributed by atoms with Crippen LogP contribution in [-0.4, -0.2) is 19.6 Å². The van der Waals surface area contributed by atoms with E-state index in [4.69, 9.17) is 11.6 Å². The molecule has 3 rings (SSSR count). The molecule has 0 spiro atoms. The normalized spacial score (nSPS) is 11.8. The molecule has 0 fully saturated rings. The van der Waals surface area contributed by atoms with Crippen LogP contribution in [0, 0.1) is 0 Å². The van der Waals surface area contributed by atoms with Gasteiger partial charge in [-0.2, -0.15) is 4.52 Å². The van der Waals surface area contributed by atoms with Crippen molar-refractivity contribution in [2.75, 3.05) is 0 Å². The molecule has 0 saturated heterocycles. The Balaban J connectivity index is 2.50. The van der Waals surface area contributed by atoms with Gasteiger partial charge in [0.25, 0.3) is 0 Å². The highest BCUT2D eigenvalue weighted by molar-refractivity contribution is 9.10. The van der Waals surface area contributed by atoms with Crippen molar-refractivity contribution in [2.24, 2.45) is 0 Å². The average Bonchev–Trinajstić information content (AvgIpc) is 2.78. The number of nitrogens with zero attached hydrogens (tertiary/aromatic N) is 3. The summed E-state index contributed by atoms with van der Waals surface area (Å²) in [5.74, 6) is 0.800. The second-order valence-electron chi connectivity index (χ2n) is 4.60. The molecule has 1 aromatic carbocycles. The van der Waals surface area contributed by atoms with Gasteiger partial charge in [0, 0.05) is 15.8 Å². The Hall–Kier alpha value is -1.40. The van der Waals surface area contributed by atoms with Crippen LogP contribution in [0.3, 0.4) is 0 Å². The first kappa shape index (κ1) is 12.6. The molecule has 0 bridgehead atoms. The standard InChI is InChI=1S/C12H10BrClN4O/c1-5(2)10-16-11-6-3-7(13)8(14)4-9(6)15-12(19)18(11)17-10/h3-5H,1-2H3,(H,15,19). The fourth-order valence-corrected chi connectivity index (χ4v) is 2.40. The molecule has 5 nitrogen and oxygen atoms in total. The Kier molecular flexibility index (Phi) is 2.87. The second-order valence-corrected chi connectivity index (χ2v) is 5.86. The van der Waals surface area contributed by atoms with Crippen LogP contribution in [0.5, 0.6) is 0 Å². The first-order chi connectivity index (χ1) is 8.97. The first-order valence-corrected chi connectivity index (χ1v) is 6.92. The van der Waals surface area contributed by atoms with Crippen molar-refractivity contribution in [3.05, 3.63) is 37.9 Å². The largest absolute Gasteiger partial charge is 0.348 e. The summed E-state index contributed by atoms with van der Waals surface area (Å²) in [7, 11) is 0. The van der Waals surface area contributed by atoms with Crippen molar-refractivity contribution in [1.29, 1.82) is 0 Å². The third-order valence-corrected chi connectivity index (χ3v) is 4.07. The van der Waals surface area contributed by atoms with Crippen LogP contribution in [0.2, 0.25) is 5.02 Å². The number of rotatable bonds is 1. The van der Waals surface area contributed by atoms with E-state index in [0.29, 0.717) is 22.0 Å². The minimum atomic E-state index is -0.319. The molecule has 7 heteroatoms. The van der Waals surface area contributed by atoms with E-state index < -0.39 is 0 Å². The van der Waals surface area contributed by atoms with Crippen molar-refractivity contribution < 1.29 is 0 Å². The second kappa shape index (κ2) is 4.31. The lowest BCUT2D eigenvalue weighted by molar-refractivity contribution is 0.753. The van der Waals surface area contributed by atoms with E-state index in [2.05, 4.69) is 31.0 Å². The number of aromatic amines is 1. The van der Waals surface area contributed by atoms with Gasteiger partial charge in [0.1, 0.15) is 0 Å². The molecule has 2 heterocycles. The quantitative estimate of drug-likeness (QED) is 0.739. The minimum Gasteiger partial charge on any atom is -0.305 e. The predicted octanol–water partition coefficient (Wildman–Crippen LogP) is 3.11. The lowest BCUT2D eigenvalue weighted by atomic mass is 10.2. The summed E-state index contributed by atoms with van der Waals surface area (Å²) in [6.45, 7) is 3.97. The van der Waals surface area contributed by atoms with Crippen LogP contribution < -0.4 is 5.69 Å². The molecular formula is C12H10BrClN4O. The number of H-pyrrole nitrogens is 1. The Labute approximate surface area is 121 Å². The number of halogens is 2. The molecule has 19 heavy (non-hydrogen) atoms. The molecule has 2 aromatic heterocycles. The molecule has 0 aliphatic rings. The van der Waals surface area contributed by atoms with Crippen LogP contribution >= 0.6 is 27.5 Å². The van der Waals surface area contributed by atoms with E-state index in [1.165, 1.54) is 4.52 Å². The number of benzene rings is 1. The zero-order valence-corrected chi connectivity index (χ0v) is 12.6. The third kappa shape index (κ3) is 1.95. The summed E-state index contributed by atoms with van der Waals surface area (Å²) in [4.78, 5) is 19.2. The summed E-state index contributed by atoms with van der Waals surface area (Å²) in [5.41, 5.74) is 0.869. The SMILES string of the molecule is CC(C)c1nc2c3cc(Br)c(Cl)cc3[nH]c(=O)n2n1. The molecule has 0 aliphatic heterocycles. The lowest BCUT2D eigenvalue weighted by Gasteiger charge is -2.01. The molecule has 0 amide bonds. The van der Waals surface area contributed by atoms with E-state index in [1.54, 1.807) is 6.07 Å². The molecular weight excluding hydrogens is 332 g/mol. The fourth-order valence-electron chi connectivity index (χ4n) is 1.89. The number of hydrogen-bond donors (Lipinski definition) is 1. The van der Waals surface area contributed by atoms with Crippen molar-refractivity contribution >= 4 is 44.1 Å². The summed E-state index contributed by atoms with van der Waals surface area (Å²) >= 11 is 9.41. The van der Waals surface area contributed by atoms with Crippen LogP contribution in [0.4, 0.5) is 0 Å². The van der Waals surface area contributed by atoms with E-state index in [9.17, 15) is 4.79 Å². The maximum Gasteiger partial charge on any atom is 0.348 e. The van der Waals surface area contributed by atoms with Crippen LogP contribution in [0.15, 0.2) is 21.4 Å². The molecule has 3 aromatic rings. The maximum atomic E-state index is 12.0. The van der Waals surface area contributed by atoms with Gasteiger partial charge in [-0.1, -0.05) is 25.4 Å². The number of nitrogens with one attached hydrogen (secondary N) is 1. The van der Waals surface area contributed by atoms with E-state index in [1.807, 2.05) is 19.9 Å². The highest BCUT2D eigenvalue weighted by Crippen LogP contribution is 2.28. The monoisotopic (exact) mass is 340 g/mol. The Bertz CT molecular complexity index is 852. The number of hydrogen-bond acceptors (Lipinski definition) is 3. The molecule has 0 atom stereocenters. The van der Waals surface area contributed by atoms with Crippen molar-refractivity contribution in [2.45, 2.75) is 19.8 Å². The van der Waals surface area contributed by atoms with E-state index in [0.717, 1.165) is 9.86 Å². The molecule has 0 unspecified atom stereocenters. The highest BCUT2D eigenvalue weighted by atomic mass is 79.9. The first-order valence-electron chi connectivity index (χ1n) is 5.75. The smallest absolute Gasteiger partial charge is 0.305 e. The van der Waals surface area contributed by atoms with Gasteiger partial charge in [-0.25, -0.2) is 9.78 Å². The summed E-state index contributed by atoms with van der Waals surface area (Å²) in [6.07, 6.45) is 0. The fraction of sp³-hybridized carbons (Fsp3) is 0.250. The average molecular weight is 342 g/mol. The van der Waals surface area contributed by atoms with Gasteiger partial charge in [-0.3, -0.25) is 0 Å². The zero-order chi connectivity index (χ0) is 13.7. The Morgan fingerprint density at radius 2 is 2.16 bits per heavy atom. The number of aromatic nitrogens is 4. The zero-order valence-electron chi connectivity index (χ0n) is 10.2. The summed E-state index contributed by atoms with van der Waals surface area (Å²) < 4.78 is 2.04. The topological polar surface area (TPSA) is 63.0 Å². The van der Waals surface area contributed by atoms with Crippen LogP contribution in [0.25, 0.3) is 16.6 Å².